The molecule has 0 aliphatic carbocycles. The quantitative estimate of drug-likeness (QED) is 0.658. The molecule has 0 radical (unpaired) electrons. The lowest BCUT2D eigenvalue weighted by Crippen LogP contribution is -2.13. The molecule has 0 fully saturated rings. The number of hydrogen-bond donors (Lipinski definition) is 1. The SMILES string of the molecule is COc1ccc(-c2nsc(SCC(=O)Nc3cccc(F)c3)n2)cc1. The largest absolute Gasteiger partial charge is 0.497 e. The molecule has 128 valence electrons. The Morgan fingerprint density at radius 1 is 1.28 bits per heavy atom. The van der Waals surface area contributed by atoms with Crippen molar-refractivity contribution in [1.29, 1.82) is 0 Å². The molecule has 0 aliphatic rings. The van der Waals surface area contributed by atoms with Crippen LogP contribution in [-0.2, 0) is 4.79 Å². The number of nitrogens with zero attached hydrogens (tertiary/aromatic N) is 2. The van der Waals surface area contributed by atoms with Crippen LogP contribution in [0.25, 0.3) is 11.4 Å². The lowest BCUT2D eigenvalue weighted by atomic mass is 10.2. The number of rotatable bonds is 6. The number of halogens is 1. The summed E-state index contributed by atoms with van der Waals surface area (Å²) in [5.41, 5.74) is 1.31. The second-order valence-electron chi connectivity index (χ2n) is 4.96. The number of aromatic nitrogens is 2. The van der Waals surface area contributed by atoms with Crippen molar-refractivity contribution >= 4 is 34.9 Å². The maximum atomic E-state index is 13.1. The number of hydrogen-bond acceptors (Lipinski definition) is 6. The van der Waals surface area contributed by atoms with Gasteiger partial charge in [-0.2, -0.15) is 4.37 Å². The summed E-state index contributed by atoms with van der Waals surface area (Å²) in [5.74, 6) is 0.937. The molecule has 3 aromatic rings. The first-order valence-electron chi connectivity index (χ1n) is 7.30. The molecule has 0 unspecified atom stereocenters. The van der Waals surface area contributed by atoms with Crippen molar-refractivity contribution in [3.05, 3.63) is 54.3 Å². The Hall–Kier alpha value is -2.45. The van der Waals surface area contributed by atoms with Crippen molar-refractivity contribution in [2.75, 3.05) is 18.2 Å². The molecule has 2 aromatic carbocycles. The van der Waals surface area contributed by atoms with Crippen LogP contribution >= 0.6 is 23.3 Å². The summed E-state index contributed by atoms with van der Waals surface area (Å²) >= 11 is 2.53. The third-order valence-electron chi connectivity index (χ3n) is 3.19. The first kappa shape index (κ1) is 17.4. The van der Waals surface area contributed by atoms with Crippen molar-refractivity contribution in [2.24, 2.45) is 0 Å². The highest BCUT2D eigenvalue weighted by atomic mass is 32.2. The van der Waals surface area contributed by atoms with Gasteiger partial charge in [-0.25, -0.2) is 9.37 Å². The zero-order chi connectivity index (χ0) is 17.6. The number of nitrogens with one attached hydrogen (secondary N) is 1. The minimum absolute atomic E-state index is 0.174. The number of methoxy groups -OCH3 is 1. The second kappa shape index (κ2) is 8.09. The van der Waals surface area contributed by atoms with Crippen molar-refractivity contribution in [3.63, 3.8) is 0 Å². The van der Waals surface area contributed by atoms with Crippen LogP contribution < -0.4 is 10.1 Å². The Kier molecular flexibility index (Phi) is 5.62. The third-order valence-corrected chi connectivity index (χ3v) is 5.02. The molecule has 0 saturated carbocycles. The van der Waals surface area contributed by atoms with Crippen LogP contribution in [0.4, 0.5) is 10.1 Å². The lowest BCUT2D eigenvalue weighted by molar-refractivity contribution is -0.113. The van der Waals surface area contributed by atoms with Gasteiger partial charge in [0.25, 0.3) is 0 Å². The monoisotopic (exact) mass is 375 g/mol. The van der Waals surface area contributed by atoms with Crippen molar-refractivity contribution in [1.82, 2.24) is 9.36 Å². The molecule has 25 heavy (non-hydrogen) atoms. The van der Waals surface area contributed by atoms with Crippen LogP contribution in [0.1, 0.15) is 0 Å². The average molecular weight is 375 g/mol. The molecule has 3 rings (SSSR count). The Morgan fingerprint density at radius 2 is 2.08 bits per heavy atom. The number of amides is 1. The fourth-order valence-electron chi connectivity index (χ4n) is 2.02. The highest BCUT2D eigenvalue weighted by Gasteiger charge is 2.10. The van der Waals surface area contributed by atoms with Crippen LogP contribution in [0.5, 0.6) is 5.75 Å². The smallest absolute Gasteiger partial charge is 0.234 e. The van der Waals surface area contributed by atoms with E-state index in [0.717, 1.165) is 11.3 Å². The van der Waals surface area contributed by atoms with E-state index in [4.69, 9.17) is 4.74 Å². The number of benzene rings is 2. The zero-order valence-corrected chi connectivity index (χ0v) is 14.9. The van der Waals surface area contributed by atoms with E-state index >= 15 is 0 Å². The molecule has 0 aliphatic heterocycles. The van der Waals surface area contributed by atoms with Gasteiger partial charge in [0.05, 0.1) is 12.9 Å². The number of carbonyl (C=O) groups is 1. The number of anilines is 1. The Morgan fingerprint density at radius 3 is 2.80 bits per heavy atom. The molecule has 1 amide bonds. The normalized spacial score (nSPS) is 10.5. The van der Waals surface area contributed by atoms with Crippen molar-refractivity contribution in [2.45, 2.75) is 4.34 Å². The third kappa shape index (κ3) is 4.77. The summed E-state index contributed by atoms with van der Waals surface area (Å²) in [4.78, 5) is 16.4. The van der Waals surface area contributed by atoms with Gasteiger partial charge in [0, 0.05) is 11.3 Å². The molecular weight excluding hydrogens is 361 g/mol. The van der Waals surface area contributed by atoms with E-state index in [0.29, 0.717) is 15.9 Å². The van der Waals surface area contributed by atoms with Gasteiger partial charge in [0.2, 0.25) is 5.91 Å². The molecule has 1 heterocycles. The van der Waals surface area contributed by atoms with E-state index in [1.165, 1.54) is 35.4 Å². The van der Waals surface area contributed by atoms with Crippen LogP contribution in [0.3, 0.4) is 0 Å². The van der Waals surface area contributed by atoms with Gasteiger partial charge in [-0.1, -0.05) is 17.8 Å². The summed E-state index contributed by atoms with van der Waals surface area (Å²) < 4.78 is 23.2. The van der Waals surface area contributed by atoms with E-state index in [2.05, 4.69) is 14.7 Å². The van der Waals surface area contributed by atoms with Gasteiger partial charge in [-0.05, 0) is 54.0 Å². The fourth-order valence-corrected chi connectivity index (χ4v) is 3.43. The summed E-state index contributed by atoms with van der Waals surface area (Å²) in [6, 6.07) is 13.2. The van der Waals surface area contributed by atoms with Gasteiger partial charge >= 0.3 is 0 Å². The van der Waals surface area contributed by atoms with Crippen LogP contribution in [0, 0.1) is 5.82 Å². The standard InChI is InChI=1S/C17H14FN3O2S2/c1-23-14-7-5-11(6-8-14)16-20-17(25-21-16)24-10-15(22)19-13-4-2-3-12(18)9-13/h2-9H,10H2,1H3,(H,19,22). The molecule has 0 saturated heterocycles. The molecule has 0 atom stereocenters. The minimum Gasteiger partial charge on any atom is -0.497 e. The summed E-state index contributed by atoms with van der Waals surface area (Å²) in [6.45, 7) is 0. The van der Waals surface area contributed by atoms with E-state index < -0.39 is 5.82 Å². The average Bonchev–Trinajstić information content (AvgIpc) is 3.09. The first-order valence-corrected chi connectivity index (χ1v) is 9.06. The van der Waals surface area contributed by atoms with Gasteiger partial charge in [0.1, 0.15) is 11.6 Å². The second-order valence-corrected chi connectivity index (χ2v) is 6.93. The van der Waals surface area contributed by atoms with Crippen LogP contribution in [-0.4, -0.2) is 28.1 Å². The van der Waals surface area contributed by atoms with Gasteiger partial charge in [0.15, 0.2) is 10.2 Å². The van der Waals surface area contributed by atoms with Crippen LogP contribution in [0.15, 0.2) is 52.9 Å². The number of ether oxygens (including phenoxy) is 1. The molecule has 8 heteroatoms. The maximum Gasteiger partial charge on any atom is 0.234 e. The molecule has 0 spiro atoms. The topological polar surface area (TPSA) is 64.1 Å². The summed E-state index contributed by atoms with van der Waals surface area (Å²) in [6.07, 6.45) is 0. The number of carbonyl (C=O) groups excluding carboxylic acids is 1. The Labute approximate surface area is 152 Å². The van der Waals surface area contributed by atoms with E-state index in [1.807, 2.05) is 24.3 Å². The molecule has 0 bridgehead atoms. The molecule has 5 nitrogen and oxygen atoms in total. The van der Waals surface area contributed by atoms with E-state index in [9.17, 15) is 9.18 Å². The fraction of sp³-hybridized carbons (Fsp3) is 0.118. The molecule has 1 N–H and O–H groups in total. The van der Waals surface area contributed by atoms with Crippen molar-refractivity contribution < 1.29 is 13.9 Å². The molecule has 1 aromatic heterocycles. The Balaban J connectivity index is 1.56. The predicted octanol–water partition coefficient (Wildman–Crippen LogP) is 4.08. The van der Waals surface area contributed by atoms with Crippen molar-refractivity contribution in [3.8, 4) is 17.1 Å². The maximum absolute atomic E-state index is 13.1. The van der Waals surface area contributed by atoms with Crippen LogP contribution in [0.2, 0.25) is 0 Å². The predicted molar refractivity (Wildman–Crippen MR) is 97.7 cm³/mol. The lowest BCUT2D eigenvalue weighted by Gasteiger charge is -2.03. The number of thioether (sulfide) groups is 1. The van der Waals surface area contributed by atoms with Gasteiger partial charge < -0.3 is 10.1 Å². The summed E-state index contributed by atoms with van der Waals surface area (Å²) in [5, 5.41) is 2.65. The molecular formula is C17H14FN3O2S2. The van der Waals surface area contributed by atoms with Gasteiger partial charge in [-0.3, -0.25) is 4.79 Å². The minimum atomic E-state index is -0.390. The van der Waals surface area contributed by atoms with E-state index in [1.54, 1.807) is 19.2 Å². The highest BCUT2D eigenvalue weighted by molar-refractivity contribution is 8.01. The first-order chi connectivity index (χ1) is 12.1. The summed E-state index contributed by atoms with van der Waals surface area (Å²) in [7, 11) is 1.61. The van der Waals surface area contributed by atoms with Gasteiger partial charge in [-0.15, -0.1) is 0 Å². The van der Waals surface area contributed by atoms with E-state index in [-0.39, 0.29) is 11.7 Å². The zero-order valence-electron chi connectivity index (χ0n) is 13.2. The highest BCUT2D eigenvalue weighted by Crippen LogP contribution is 2.26. The Bertz CT molecular complexity index is 868.